The predicted molar refractivity (Wildman–Crippen MR) is 73.9 cm³/mol. The largest absolute Gasteiger partial charge is 0.295 e. The number of rotatable bonds is 4. The van der Waals surface area contributed by atoms with E-state index in [-0.39, 0.29) is 11.2 Å². The van der Waals surface area contributed by atoms with Crippen molar-refractivity contribution >= 4 is 5.78 Å². The summed E-state index contributed by atoms with van der Waals surface area (Å²) >= 11 is 0. The van der Waals surface area contributed by atoms with Crippen molar-refractivity contribution in [1.82, 2.24) is 0 Å². The Morgan fingerprint density at radius 3 is 2.71 bits per heavy atom. The Balaban J connectivity index is 2.71. The first kappa shape index (κ1) is 14.2. The number of hydrogen-bond donors (Lipinski definition) is 0. The minimum Gasteiger partial charge on any atom is -0.295 e. The number of ketones is 1. The molecule has 1 atom stereocenters. The van der Waals surface area contributed by atoms with Gasteiger partial charge in [0.25, 0.3) is 0 Å². The van der Waals surface area contributed by atoms with Crippen molar-refractivity contribution in [2.45, 2.75) is 53.9 Å². The van der Waals surface area contributed by atoms with E-state index in [2.05, 4.69) is 46.8 Å². The van der Waals surface area contributed by atoms with E-state index in [1.807, 2.05) is 0 Å². The van der Waals surface area contributed by atoms with E-state index >= 15 is 0 Å². The van der Waals surface area contributed by atoms with Gasteiger partial charge in [0.15, 0.2) is 5.78 Å². The Bertz CT molecular complexity index is 331. The Labute approximate surface area is 106 Å². The Morgan fingerprint density at radius 2 is 2.18 bits per heavy atom. The van der Waals surface area contributed by atoms with E-state index in [4.69, 9.17) is 0 Å². The second-order valence-corrected chi connectivity index (χ2v) is 6.38. The molecule has 1 rings (SSSR count). The molecule has 1 heteroatoms. The summed E-state index contributed by atoms with van der Waals surface area (Å²) in [5.74, 6) is 1.13. The van der Waals surface area contributed by atoms with Crippen LogP contribution in [0.4, 0.5) is 0 Å². The van der Waals surface area contributed by atoms with Gasteiger partial charge in [-0.2, -0.15) is 0 Å². The Hall–Kier alpha value is -0.850. The predicted octanol–water partition coefficient (Wildman–Crippen LogP) is 4.54. The third-order valence-electron chi connectivity index (χ3n) is 3.67. The highest BCUT2D eigenvalue weighted by Gasteiger charge is 2.30. The lowest BCUT2D eigenvalue weighted by Crippen LogP contribution is -2.26. The van der Waals surface area contributed by atoms with E-state index in [0.29, 0.717) is 18.3 Å². The molecule has 0 unspecified atom stereocenters. The van der Waals surface area contributed by atoms with E-state index in [1.165, 1.54) is 18.4 Å². The third-order valence-corrected chi connectivity index (χ3v) is 3.67. The van der Waals surface area contributed by atoms with Gasteiger partial charge in [-0.1, -0.05) is 45.4 Å². The topological polar surface area (TPSA) is 17.1 Å². The van der Waals surface area contributed by atoms with E-state index in [0.717, 1.165) is 0 Å². The molecule has 0 aliphatic heterocycles. The van der Waals surface area contributed by atoms with Gasteiger partial charge in [0.1, 0.15) is 0 Å². The lowest BCUT2D eigenvalue weighted by molar-refractivity contribution is -0.115. The van der Waals surface area contributed by atoms with Gasteiger partial charge in [-0.15, -0.1) is 0 Å². The average Bonchev–Trinajstić information content (AvgIpc) is 2.14. The molecule has 1 aliphatic rings. The van der Waals surface area contributed by atoms with Crippen LogP contribution >= 0.6 is 0 Å². The van der Waals surface area contributed by atoms with Crippen LogP contribution in [0, 0.1) is 17.3 Å². The van der Waals surface area contributed by atoms with Crippen LogP contribution in [0.1, 0.15) is 53.9 Å². The van der Waals surface area contributed by atoms with Crippen LogP contribution in [-0.2, 0) is 4.79 Å². The summed E-state index contributed by atoms with van der Waals surface area (Å²) in [5, 5.41) is 0. The van der Waals surface area contributed by atoms with Gasteiger partial charge in [0, 0.05) is 12.3 Å². The van der Waals surface area contributed by atoms with Crippen molar-refractivity contribution in [3.05, 3.63) is 23.8 Å². The van der Waals surface area contributed by atoms with Crippen LogP contribution in [0.15, 0.2) is 23.8 Å². The molecule has 1 aliphatic carbocycles. The summed E-state index contributed by atoms with van der Waals surface area (Å²) in [6.45, 7) is 10.9. The lowest BCUT2D eigenvalue weighted by Gasteiger charge is -2.36. The summed E-state index contributed by atoms with van der Waals surface area (Å²) in [6.07, 6.45) is 9.27. The summed E-state index contributed by atoms with van der Waals surface area (Å²) in [4.78, 5) is 11.7. The molecule has 1 nitrogen and oxygen atoms in total. The number of allylic oxidation sites excluding steroid dienone is 4. The number of carbonyl (C=O) groups is 1. The zero-order valence-corrected chi connectivity index (χ0v) is 11.9. The molecule has 0 saturated heterocycles. The minimum absolute atomic E-state index is 0.258. The molecule has 0 heterocycles. The zero-order valence-electron chi connectivity index (χ0n) is 11.9. The molecule has 0 N–H and O–H groups in total. The van der Waals surface area contributed by atoms with Crippen molar-refractivity contribution in [2.75, 3.05) is 0 Å². The molecule has 0 spiro atoms. The van der Waals surface area contributed by atoms with Gasteiger partial charge in [0.05, 0.1) is 0 Å². The SMILES string of the molecule is CC1=CCCC(C)(C)[C@@H]1/C=C/C(=O)CC(C)C. The first-order chi connectivity index (χ1) is 7.83. The van der Waals surface area contributed by atoms with Crippen LogP contribution in [0.3, 0.4) is 0 Å². The monoisotopic (exact) mass is 234 g/mol. The van der Waals surface area contributed by atoms with Crippen LogP contribution in [0.2, 0.25) is 0 Å². The maximum Gasteiger partial charge on any atom is 0.155 e. The van der Waals surface area contributed by atoms with Gasteiger partial charge >= 0.3 is 0 Å². The summed E-state index contributed by atoms with van der Waals surface area (Å²) in [6, 6.07) is 0. The molecular formula is C16H26O. The quantitative estimate of drug-likeness (QED) is 0.515. The van der Waals surface area contributed by atoms with Gasteiger partial charge in [-0.3, -0.25) is 4.79 Å². The van der Waals surface area contributed by atoms with Gasteiger partial charge in [0.2, 0.25) is 0 Å². The lowest BCUT2D eigenvalue weighted by atomic mass is 9.68. The highest BCUT2D eigenvalue weighted by atomic mass is 16.1. The molecular weight excluding hydrogens is 208 g/mol. The maximum atomic E-state index is 11.7. The van der Waals surface area contributed by atoms with Crippen molar-refractivity contribution in [3.8, 4) is 0 Å². The van der Waals surface area contributed by atoms with Gasteiger partial charge < -0.3 is 0 Å². The van der Waals surface area contributed by atoms with Crippen LogP contribution in [0.5, 0.6) is 0 Å². The fraction of sp³-hybridized carbons (Fsp3) is 0.688. The first-order valence-corrected chi connectivity index (χ1v) is 6.70. The zero-order chi connectivity index (χ0) is 13.1. The average molecular weight is 234 g/mol. The normalized spacial score (nSPS) is 24.1. The second-order valence-electron chi connectivity index (χ2n) is 6.38. The molecule has 0 saturated carbocycles. The van der Waals surface area contributed by atoms with Crippen LogP contribution < -0.4 is 0 Å². The van der Waals surface area contributed by atoms with Gasteiger partial charge in [-0.25, -0.2) is 0 Å². The molecule has 0 bridgehead atoms. The maximum absolute atomic E-state index is 11.7. The van der Waals surface area contributed by atoms with E-state index < -0.39 is 0 Å². The molecule has 0 aromatic carbocycles. The highest BCUT2D eigenvalue weighted by Crippen LogP contribution is 2.41. The molecule has 0 aromatic heterocycles. The van der Waals surface area contributed by atoms with Crippen LogP contribution in [-0.4, -0.2) is 5.78 Å². The van der Waals surface area contributed by atoms with Crippen molar-refractivity contribution in [3.63, 3.8) is 0 Å². The second kappa shape index (κ2) is 5.66. The van der Waals surface area contributed by atoms with Crippen LogP contribution in [0.25, 0.3) is 0 Å². The minimum atomic E-state index is 0.258. The van der Waals surface area contributed by atoms with E-state index in [9.17, 15) is 4.79 Å². The third kappa shape index (κ3) is 4.14. The summed E-state index contributed by atoms with van der Waals surface area (Å²) < 4.78 is 0. The molecule has 96 valence electrons. The highest BCUT2D eigenvalue weighted by molar-refractivity contribution is 5.89. The Kier molecular flexibility index (Phi) is 4.73. The first-order valence-electron chi connectivity index (χ1n) is 6.70. The molecule has 0 radical (unpaired) electrons. The summed E-state index contributed by atoms with van der Waals surface area (Å²) in [7, 11) is 0. The van der Waals surface area contributed by atoms with Gasteiger partial charge in [-0.05, 0) is 37.2 Å². The fourth-order valence-corrected chi connectivity index (χ4v) is 2.66. The Morgan fingerprint density at radius 1 is 1.53 bits per heavy atom. The number of carbonyl (C=O) groups excluding carboxylic acids is 1. The summed E-state index contributed by atoms with van der Waals surface area (Å²) in [5.41, 5.74) is 1.70. The number of hydrogen-bond acceptors (Lipinski definition) is 1. The van der Waals surface area contributed by atoms with E-state index in [1.54, 1.807) is 6.08 Å². The van der Waals surface area contributed by atoms with Crippen molar-refractivity contribution in [1.29, 1.82) is 0 Å². The molecule has 0 amide bonds. The van der Waals surface area contributed by atoms with Crippen molar-refractivity contribution < 1.29 is 4.79 Å². The molecule has 0 fully saturated rings. The standard InChI is InChI=1S/C16H26O/c1-12(2)11-14(17)8-9-15-13(3)7-6-10-16(15,4)5/h7-9,12,15H,6,10-11H2,1-5H3/b9-8+/t15-/m1/s1. The molecule has 17 heavy (non-hydrogen) atoms. The smallest absolute Gasteiger partial charge is 0.155 e. The van der Waals surface area contributed by atoms with Crippen molar-refractivity contribution in [2.24, 2.45) is 17.3 Å². The molecule has 0 aromatic rings. The fourth-order valence-electron chi connectivity index (χ4n) is 2.66.